The number of hydrogen-bond donors (Lipinski definition) is 1. The van der Waals surface area contributed by atoms with E-state index in [2.05, 4.69) is 13.8 Å². The number of halogens is 1. The summed E-state index contributed by atoms with van der Waals surface area (Å²) in [5.41, 5.74) is 7.00. The van der Waals surface area contributed by atoms with E-state index in [1.807, 2.05) is 24.3 Å². The van der Waals surface area contributed by atoms with Crippen molar-refractivity contribution in [2.75, 3.05) is 13.2 Å². The second-order valence-corrected chi connectivity index (χ2v) is 5.88. The molecule has 0 saturated heterocycles. The summed E-state index contributed by atoms with van der Waals surface area (Å²) in [5.74, 6) is 0. The first-order chi connectivity index (χ1) is 8.55. The van der Waals surface area contributed by atoms with Gasteiger partial charge in [-0.1, -0.05) is 50.1 Å². The molecule has 0 unspecified atom stereocenters. The first-order valence-corrected chi connectivity index (χ1v) is 6.94. The molecule has 1 rings (SSSR count). The maximum atomic E-state index is 6.05. The van der Waals surface area contributed by atoms with Gasteiger partial charge < -0.3 is 10.5 Å². The average Bonchev–Trinajstić information content (AvgIpc) is 2.35. The summed E-state index contributed by atoms with van der Waals surface area (Å²) in [6, 6.07) is 7.80. The van der Waals surface area contributed by atoms with Gasteiger partial charge in [0.25, 0.3) is 0 Å². The second-order valence-electron chi connectivity index (χ2n) is 5.47. The molecule has 0 amide bonds. The van der Waals surface area contributed by atoms with Gasteiger partial charge in [-0.3, -0.25) is 0 Å². The van der Waals surface area contributed by atoms with Crippen molar-refractivity contribution in [1.29, 1.82) is 0 Å². The third kappa shape index (κ3) is 5.85. The molecular formula is C15H24ClNO. The number of ether oxygens (including phenoxy) is 1. The zero-order chi connectivity index (χ0) is 13.4. The SMILES string of the molecule is CC(C)(CN)CCCCOCc1ccccc1Cl. The van der Waals surface area contributed by atoms with Crippen LogP contribution in [0.25, 0.3) is 0 Å². The highest BCUT2D eigenvalue weighted by molar-refractivity contribution is 6.31. The van der Waals surface area contributed by atoms with Gasteiger partial charge in [0.15, 0.2) is 0 Å². The lowest BCUT2D eigenvalue weighted by Crippen LogP contribution is -2.23. The number of nitrogens with two attached hydrogens (primary N) is 1. The predicted molar refractivity (Wildman–Crippen MR) is 77.8 cm³/mol. The van der Waals surface area contributed by atoms with Crippen molar-refractivity contribution < 1.29 is 4.74 Å². The third-order valence-electron chi connectivity index (χ3n) is 3.16. The molecule has 0 spiro atoms. The molecule has 102 valence electrons. The fourth-order valence-electron chi connectivity index (χ4n) is 1.71. The van der Waals surface area contributed by atoms with Crippen LogP contribution in [-0.2, 0) is 11.3 Å². The molecule has 0 saturated carbocycles. The molecule has 0 radical (unpaired) electrons. The van der Waals surface area contributed by atoms with Crippen LogP contribution < -0.4 is 5.73 Å². The molecule has 0 heterocycles. The first kappa shape index (κ1) is 15.5. The van der Waals surface area contributed by atoms with Crippen LogP contribution in [-0.4, -0.2) is 13.2 Å². The Labute approximate surface area is 115 Å². The molecule has 3 heteroatoms. The number of hydrogen-bond acceptors (Lipinski definition) is 2. The molecule has 0 bridgehead atoms. The lowest BCUT2D eigenvalue weighted by molar-refractivity contribution is 0.114. The van der Waals surface area contributed by atoms with E-state index in [1.165, 1.54) is 0 Å². The Morgan fingerprint density at radius 1 is 1.22 bits per heavy atom. The van der Waals surface area contributed by atoms with Gasteiger partial charge in [-0.25, -0.2) is 0 Å². The van der Waals surface area contributed by atoms with Gasteiger partial charge in [0, 0.05) is 11.6 Å². The summed E-state index contributed by atoms with van der Waals surface area (Å²) in [4.78, 5) is 0. The monoisotopic (exact) mass is 269 g/mol. The normalized spacial score (nSPS) is 11.8. The van der Waals surface area contributed by atoms with Crippen LogP contribution in [0.2, 0.25) is 5.02 Å². The number of unbranched alkanes of at least 4 members (excludes halogenated alkanes) is 1. The minimum Gasteiger partial charge on any atom is -0.377 e. The molecule has 0 aliphatic carbocycles. The number of rotatable bonds is 8. The van der Waals surface area contributed by atoms with Gasteiger partial charge in [-0.15, -0.1) is 0 Å². The second kappa shape index (κ2) is 7.78. The van der Waals surface area contributed by atoms with Gasteiger partial charge >= 0.3 is 0 Å². The molecule has 1 aromatic rings. The Bertz CT molecular complexity index is 352. The van der Waals surface area contributed by atoms with E-state index in [0.717, 1.165) is 43.0 Å². The zero-order valence-electron chi connectivity index (χ0n) is 11.4. The van der Waals surface area contributed by atoms with E-state index in [4.69, 9.17) is 22.1 Å². The lowest BCUT2D eigenvalue weighted by Gasteiger charge is -2.21. The fraction of sp³-hybridized carbons (Fsp3) is 0.600. The Hall–Kier alpha value is -0.570. The van der Waals surface area contributed by atoms with Crippen LogP contribution >= 0.6 is 11.6 Å². The molecule has 0 aliphatic rings. The molecule has 1 aromatic carbocycles. The van der Waals surface area contributed by atoms with Crippen molar-refractivity contribution in [3.63, 3.8) is 0 Å². The van der Waals surface area contributed by atoms with E-state index >= 15 is 0 Å². The maximum absolute atomic E-state index is 6.05. The van der Waals surface area contributed by atoms with Crippen molar-refractivity contribution in [3.05, 3.63) is 34.9 Å². The average molecular weight is 270 g/mol. The Balaban J connectivity index is 2.11. The van der Waals surface area contributed by atoms with Crippen LogP contribution in [0, 0.1) is 5.41 Å². The summed E-state index contributed by atoms with van der Waals surface area (Å²) < 4.78 is 5.63. The van der Waals surface area contributed by atoms with E-state index in [9.17, 15) is 0 Å². The van der Waals surface area contributed by atoms with E-state index < -0.39 is 0 Å². The third-order valence-corrected chi connectivity index (χ3v) is 3.53. The van der Waals surface area contributed by atoms with E-state index in [1.54, 1.807) is 0 Å². The van der Waals surface area contributed by atoms with Crippen LogP contribution in [0.4, 0.5) is 0 Å². The topological polar surface area (TPSA) is 35.2 Å². The van der Waals surface area contributed by atoms with Gasteiger partial charge in [-0.05, 0) is 36.4 Å². The Kier molecular flexibility index (Phi) is 6.69. The largest absolute Gasteiger partial charge is 0.377 e. The van der Waals surface area contributed by atoms with E-state index in [-0.39, 0.29) is 5.41 Å². The van der Waals surface area contributed by atoms with Crippen LogP contribution in [0.3, 0.4) is 0 Å². The molecule has 18 heavy (non-hydrogen) atoms. The minimum atomic E-state index is 0.253. The van der Waals surface area contributed by atoms with Crippen molar-refractivity contribution in [2.24, 2.45) is 11.1 Å². The molecule has 0 fully saturated rings. The fourth-order valence-corrected chi connectivity index (χ4v) is 1.90. The van der Waals surface area contributed by atoms with Crippen molar-refractivity contribution in [3.8, 4) is 0 Å². The van der Waals surface area contributed by atoms with Crippen molar-refractivity contribution in [2.45, 2.75) is 39.7 Å². The van der Waals surface area contributed by atoms with E-state index in [0.29, 0.717) is 6.61 Å². The lowest BCUT2D eigenvalue weighted by atomic mass is 9.87. The van der Waals surface area contributed by atoms with Crippen molar-refractivity contribution >= 4 is 11.6 Å². The van der Waals surface area contributed by atoms with Gasteiger partial charge in [-0.2, -0.15) is 0 Å². The smallest absolute Gasteiger partial charge is 0.0731 e. The van der Waals surface area contributed by atoms with Crippen LogP contribution in [0.1, 0.15) is 38.7 Å². The highest BCUT2D eigenvalue weighted by Gasteiger charge is 2.14. The maximum Gasteiger partial charge on any atom is 0.0731 e. The summed E-state index contributed by atoms with van der Waals surface area (Å²) >= 11 is 6.05. The Morgan fingerprint density at radius 2 is 1.94 bits per heavy atom. The molecule has 2 N–H and O–H groups in total. The summed E-state index contributed by atoms with van der Waals surface area (Å²) in [6.45, 7) is 6.54. The zero-order valence-corrected chi connectivity index (χ0v) is 12.2. The highest BCUT2D eigenvalue weighted by atomic mass is 35.5. The highest BCUT2D eigenvalue weighted by Crippen LogP contribution is 2.21. The molecule has 2 nitrogen and oxygen atoms in total. The first-order valence-electron chi connectivity index (χ1n) is 6.56. The predicted octanol–water partition coefficient (Wildman–Crippen LogP) is 4.01. The van der Waals surface area contributed by atoms with Crippen LogP contribution in [0.5, 0.6) is 0 Å². The summed E-state index contributed by atoms with van der Waals surface area (Å²) in [7, 11) is 0. The minimum absolute atomic E-state index is 0.253. The molecule has 0 atom stereocenters. The quantitative estimate of drug-likeness (QED) is 0.724. The molecular weight excluding hydrogens is 246 g/mol. The Morgan fingerprint density at radius 3 is 2.61 bits per heavy atom. The van der Waals surface area contributed by atoms with Crippen LogP contribution in [0.15, 0.2) is 24.3 Å². The standard InChI is InChI=1S/C15H24ClNO/c1-15(2,12-17)9-5-6-10-18-11-13-7-3-4-8-14(13)16/h3-4,7-8H,5-6,9-12,17H2,1-2H3. The molecule has 0 aliphatic heterocycles. The van der Waals surface area contributed by atoms with Gasteiger partial charge in [0.2, 0.25) is 0 Å². The summed E-state index contributed by atoms with van der Waals surface area (Å²) in [6.07, 6.45) is 3.39. The van der Waals surface area contributed by atoms with Gasteiger partial charge in [0.05, 0.1) is 6.61 Å². The van der Waals surface area contributed by atoms with Gasteiger partial charge in [0.1, 0.15) is 0 Å². The molecule has 0 aromatic heterocycles. The van der Waals surface area contributed by atoms with Crippen molar-refractivity contribution in [1.82, 2.24) is 0 Å². The number of benzene rings is 1. The summed E-state index contributed by atoms with van der Waals surface area (Å²) in [5, 5.41) is 0.779.